The molecule has 0 radical (unpaired) electrons. The zero-order chi connectivity index (χ0) is 41.5. The minimum atomic E-state index is -4.20. The van der Waals surface area contributed by atoms with E-state index in [9.17, 15) is 19.2 Å². The fourth-order valence-electron chi connectivity index (χ4n) is 5.13. The number of nitrogens with zero attached hydrogens (tertiary/aromatic N) is 6. The number of carbonyl (C=O) groups is 3. The standard InChI is InChI=1S/C35H36Cl3F2N7O10/c1-5-6-12-52-32(50)43-28-20(23-16-46(45-44-23)14-19-10-8-7-9-11-19)15-47(31(49)42-28)30-35(39,40)26(56-33(51)57-34(2,3)4)24(55-30)17-53-25(48)18-54-29-22(37)13-21(36)27(38)41-29/h7-11,13,15-16,24,26,30H,5-6,12,14,17-18H2,1-4H3,(H,42,43,49,50)/t24?,26?,30-/m1/s1. The molecule has 57 heavy (non-hydrogen) atoms. The van der Waals surface area contributed by atoms with Crippen LogP contribution in [0.4, 0.5) is 24.2 Å². The molecule has 306 valence electrons. The van der Waals surface area contributed by atoms with Crippen molar-refractivity contribution in [3.8, 4) is 17.1 Å². The Kier molecular flexibility index (Phi) is 13.9. The Morgan fingerprint density at radius 1 is 1.04 bits per heavy atom. The lowest BCUT2D eigenvalue weighted by Gasteiger charge is -2.26. The summed E-state index contributed by atoms with van der Waals surface area (Å²) >= 11 is 17.8. The Bertz CT molecular complexity index is 2140. The highest BCUT2D eigenvalue weighted by molar-refractivity contribution is 6.42. The van der Waals surface area contributed by atoms with Crippen LogP contribution in [0.2, 0.25) is 15.2 Å². The predicted molar refractivity (Wildman–Crippen MR) is 199 cm³/mol. The van der Waals surface area contributed by atoms with Crippen LogP contribution in [-0.2, 0) is 35.0 Å². The van der Waals surface area contributed by atoms with E-state index in [1.807, 2.05) is 37.3 Å². The van der Waals surface area contributed by atoms with Gasteiger partial charge in [0.05, 0.1) is 29.9 Å². The smallest absolute Gasteiger partial charge is 0.465 e. The molecule has 17 nitrogen and oxygen atoms in total. The molecule has 4 aromatic rings. The summed E-state index contributed by atoms with van der Waals surface area (Å²) in [7, 11) is 0. The first-order valence-electron chi connectivity index (χ1n) is 17.2. The molecule has 1 amide bonds. The van der Waals surface area contributed by atoms with Crippen LogP contribution in [0.5, 0.6) is 5.88 Å². The molecule has 4 heterocycles. The van der Waals surface area contributed by atoms with E-state index in [0.717, 1.165) is 18.2 Å². The minimum Gasteiger partial charge on any atom is -0.465 e. The molecule has 0 spiro atoms. The third kappa shape index (κ3) is 11.3. The van der Waals surface area contributed by atoms with Crippen LogP contribution in [-0.4, -0.2) is 91.3 Å². The Labute approximate surface area is 338 Å². The SMILES string of the molecule is CCCCOC(=O)Nc1nc(=O)n([C@@H]2OC(COC(=O)COc3nc(Cl)c(Cl)cc3Cl)C(OC(=O)OC(C)(C)C)C2(F)F)cc1-c1cn(Cc2ccccc2)nn1. The number of carbonyl (C=O) groups excluding carboxylic acids is 3. The highest BCUT2D eigenvalue weighted by Gasteiger charge is 2.63. The van der Waals surface area contributed by atoms with Crippen molar-refractivity contribution in [3.05, 3.63) is 80.0 Å². The van der Waals surface area contributed by atoms with Gasteiger partial charge in [-0.2, -0.15) is 18.7 Å². The van der Waals surface area contributed by atoms with Gasteiger partial charge < -0.3 is 28.4 Å². The molecular formula is C35H36Cl3F2N7O10. The van der Waals surface area contributed by atoms with Gasteiger partial charge in [-0.05, 0) is 38.8 Å². The number of halogens is 5. The minimum absolute atomic E-state index is 0.0148. The summed E-state index contributed by atoms with van der Waals surface area (Å²) in [6.07, 6.45) is -5.71. The summed E-state index contributed by atoms with van der Waals surface area (Å²) in [5.74, 6) is -5.96. The molecule has 1 aliphatic rings. The summed E-state index contributed by atoms with van der Waals surface area (Å²) in [6.45, 7) is 4.89. The number of hydrogen-bond acceptors (Lipinski definition) is 14. The van der Waals surface area contributed by atoms with Crippen LogP contribution in [0.15, 0.2) is 53.6 Å². The molecule has 5 rings (SSSR count). The second-order valence-corrected chi connectivity index (χ2v) is 14.5. The van der Waals surface area contributed by atoms with Gasteiger partial charge in [0.2, 0.25) is 18.2 Å². The summed E-state index contributed by atoms with van der Waals surface area (Å²) in [4.78, 5) is 59.2. The molecule has 1 fully saturated rings. The fourth-order valence-corrected chi connectivity index (χ4v) is 5.68. The topological polar surface area (TPSA) is 197 Å². The van der Waals surface area contributed by atoms with Crippen LogP contribution < -0.4 is 15.7 Å². The van der Waals surface area contributed by atoms with Crippen LogP contribution in [0.1, 0.15) is 52.3 Å². The molecule has 0 aliphatic carbocycles. The van der Waals surface area contributed by atoms with Crippen molar-refractivity contribution in [1.82, 2.24) is 29.5 Å². The monoisotopic (exact) mass is 857 g/mol. The van der Waals surface area contributed by atoms with Gasteiger partial charge in [-0.1, -0.05) is 83.7 Å². The maximum Gasteiger partial charge on any atom is 0.509 e. The van der Waals surface area contributed by atoms with Crippen LogP contribution in [0.25, 0.3) is 11.3 Å². The molecule has 1 aliphatic heterocycles. The Balaban J connectivity index is 1.45. The fraction of sp³-hybridized carbons (Fsp3) is 0.429. The second kappa shape index (κ2) is 18.4. The number of amides is 1. The van der Waals surface area contributed by atoms with E-state index in [1.54, 1.807) is 0 Å². The lowest BCUT2D eigenvalue weighted by Crippen LogP contribution is -2.45. The Morgan fingerprint density at radius 2 is 1.77 bits per heavy atom. The Morgan fingerprint density at radius 3 is 2.47 bits per heavy atom. The van der Waals surface area contributed by atoms with E-state index in [4.69, 9.17) is 63.2 Å². The van der Waals surface area contributed by atoms with Gasteiger partial charge in [-0.25, -0.2) is 23.9 Å². The van der Waals surface area contributed by atoms with Crippen LogP contribution in [0, 0.1) is 0 Å². The largest absolute Gasteiger partial charge is 0.509 e. The number of nitrogens with one attached hydrogen (secondary N) is 1. The Hall–Kier alpha value is -5.11. The number of esters is 1. The molecule has 1 N–H and O–H groups in total. The molecule has 2 unspecified atom stereocenters. The van der Waals surface area contributed by atoms with Gasteiger partial charge in [0, 0.05) is 6.20 Å². The molecule has 0 bridgehead atoms. The van der Waals surface area contributed by atoms with Crippen molar-refractivity contribution < 1.29 is 51.6 Å². The number of unbranched alkanes of at least 4 members (excludes halogenated alkanes) is 1. The number of hydrogen-bond donors (Lipinski definition) is 1. The van der Waals surface area contributed by atoms with Crippen molar-refractivity contribution in [2.75, 3.05) is 25.1 Å². The average molecular weight is 859 g/mol. The summed E-state index contributed by atoms with van der Waals surface area (Å²) in [6, 6.07) is 10.4. The van der Waals surface area contributed by atoms with Gasteiger partial charge in [0.25, 0.3) is 0 Å². The maximum atomic E-state index is 16.5. The van der Waals surface area contributed by atoms with Gasteiger partial charge in [-0.15, -0.1) is 5.10 Å². The highest BCUT2D eigenvalue weighted by atomic mass is 35.5. The molecule has 3 aromatic heterocycles. The van der Waals surface area contributed by atoms with Crippen molar-refractivity contribution in [3.63, 3.8) is 0 Å². The first kappa shape index (κ1) is 43.0. The first-order valence-corrected chi connectivity index (χ1v) is 18.3. The van der Waals surface area contributed by atoms with E-state index in [2.05, 4.69) is 25.6 Å². The lowest BCUT2D eigenvalue weighted by molar-refractivity contribution is -0.153. The second-order valence-electron chi connectivity index (χ2n) is 13.3. The molecular weight excluding hydrogens is 823 g/mol. The summed E-state index contributed by atoms with van der Waals surface area (Å²) < 4.78 is 66.1. The average Bonchev–Trinajstić information content (AvgIpc) is 3.69. The summed E-state index contributed by atoms with van der Waals surface area (Å²) in [5, 5.41) is 10.3. The first-order chi connectivity index (χ1) is 26.9. The van der Waals surface area contributed by atoms with E-state index in [0.29, 0.717) is 11.0 Å². The van der Waals surface area contributed by atoms with Gasteiger partial charge in [0.15, 0.2) is 17.6 Å². The third-order valence-corrected chi connectivity index (χ3v) is 8.65. The number of benzene rings is 1. The molecule has 22 heteroatoms. The van der Waals surface area contributed by atoms with Gasteiger partial charge >= 0.3 is 29.8 Å². The van der Waals surface area contributed by atoms with E-state index in [1.165, 1.54) is 37.7 Å². The van der Waals surface area contributed by atoms with Crippen molar-refractivity contribution in [2.24, 2.45) is 0 Å². The molecule has 1 saturated heterocycles. The van der Waals surface area contributed by atoms with E-state index >= 15 is 8.78 Å². The zero-order valence-electron chi connectivity index (χ0n) is 30.7. The number of aromatic nitrogens is 6. The molecule has 3 atom stereocenters. The molecule has 1 aromatic carbocycles. The van der Waals surface area contributed by atoms with E-state index < -0.39 is 67.1 Å². The number of pyridine rings is 1. The van der Waals surface area contributed by atoms with Crippen molar-refractivity contribution >= 4 is 58.8 Å². The lowest BCUT2D eigenvalue weighted by atomic mass is 10.1. The van der Waals surface area contributed by atoms with Crippen molar-refractivity contribution in [1.29, 1.82) is 0 Å². The number of alkyl halides is 2. The van der Waals surface area contributed by atoms with Gasteiger partial charge in [0.1, 0.15) is 29.0 Å². The maximum absolute atomic E-state index is 16.5. The number of anilines is 1. The normalized spacial score (nSPS) is 17.5. The summed E-state index contributed by atoms with van der Waals surface area (Å²) in [5.41, 5.74) is -1.73. The van der Waals surface area contributed by atoms with Crippen LogP contribution >= 0.6 is 34.8 Å². The van der Waals surface area contributed by atoms with Crippen LogP contribution in [0.3, 0.4) is 0 Å². The predicted octanol–water partition coefficient (Wildman–Crippen LogP) is 6.73. The highest BCUT2D eigenvalue weighted by Crippen LogP contribution is 2.45. The number of ether oxygens (including phenoxy) is 6. The van der Waals surface area contributed by atoms with Crippen molar-refractivity contribution in [2.45, 2.75) is 77.0 Å². The third-order valence-electron chi connectivity index (χ3n) is 7.71. The van der Waals surface area contributed by atoms with E-state index in [-0.39, 0.29) is 51.3 Å². The van der Waals surface area contributed by atoms with Gasteiger partial charge in [-0.3, -0.25) is 9.88 Å². The quantitative estimate of drug-likeness (QED) is 0.0606. The number of rotatable bonds is 14. The zero-order valence-corrected chi connectivity index (χ0v) is 33.0. The molecule has 0 saturated carbocycles.